The number of nitrogen functional groups attached to an aromatic ring is 1. The Morgan fingerprint density at radius 2 is 1.79 bits per heavy atom. The topological polar surface area (TPSA) is 35.2 Å². The Bertz CT molecular complexity index is 266. The fraction of sp³-hybridized carbons (Fsp3) is 0.333. The minimum atomic E-state index is 0.627. The third-order valence-electron chi connectivity index (χ3n) is 1.13. The van der Waals surface area contributed by atoms with E-state index in [1.807, 2.05) is 12.1 Å². The average Bonchev–Trinajstić information content (AvgIpc) is 2.08. The zero-order valence-corrected chi connectivity index (χ0v) is 9.16. The summed E-state index contributed by atoms with van der Waals surface area (Å²) in [5, 5.41) is 0. The molecular weight excluding hydrogens is 174 g/mol. The summed E-state index contributed by atoms with van der Waals surface area (Å²) < 4.78 is 4.98. The lowest BCUT2D eigenvalue weighted by Crippen LogP contribution is -1.89. The predicted octanol–water partition coefficient (Wildman–Crippen LogP) is 3.45. The zero-order valence-electron chi connectivity index (χ0n) is 9.16. The Labute approximate surface area is 86.4 Å². The summed E-state index contributed by atoms with van der Waals surface area (Å²) in [6, 6.07) is 7.27. The molecule has 2 N–H and O–H groups in total. The molecule has 0 aromatic heterocycles. The molecule has 0 radical (unpaired) electrons. The van der Waals surface area contributed by atoms with Crippen molar-refractivity contribution in [1.82, 2.24) is 0 Å². The highest BCUT2D eigenvalue weighted by Gasteiger charge is 1.93. The molecule has 0 aliphatic rings. The van der Waals surface area contributed by atoms with E-state index < -0.39 is 0 Å². The number of para-hydroxylation sites is 2. The molecule has 1 aromatic carbocycles. The Balaban J connectivity index is 0.000000364. The lowest BCUT2D eigenvalue weighted by Gasteiger charge is -2.01. The number of benzene rings is 1. The first-order valence-electron chi connectivity index (χ1n) is 4.70. The first-order valence-corrected chi connectivity index (χ1v) is 4.70. The third kappa shape index (κ3) is 6.12. The van der Waals surface area contributed by atoms with Gasteiger partial charge in [-0.1, -0.05) is 39.5 Å². The van der Waals surface area contributed by atoms with E-state index in [1.165, 1.54) is 6.26 Å². The van der Waals surface area contributed by atoms with E-state index in [2.05, 4.69) is 27.4 Å². The van der Waals surface area contributed by atoms with Gasteiger partial charge in [0.25, 0.3) is 0 Å². The summed E-state index contributed by atoms with van der Waals surface area (Å²) in [7, 11) is 0. The molecule has 14 heavy (non-hydrogen) atoms. The molecule has 0 saturated heterocycles. The molecule has 0 heterocycles. The molecule has 0 spiro atoms. The molecule has 2 heteroatoms. The van der Waals surface area contributed by atoms with Gasteiger partial charge in [-0.25, -0.2) is 0 Å². The van der Waals surface area contributed by atoms with E-state index in [1.54, 1.807) is 12.1 Å². The van der Waals surface area contributed by atoms with E-state index in [-0.39, 0.29) is 0 Å². The van der Waals surface area contributed by atoms with Crippen molar-refractivity contribution in [2.45, 2.75) is 20.8 Å². The van der Waals surface area contributed by atoms with Gasteiger partial charge in [0.2, 0.25) is 0 Å². The molecule has 0 bridgehead atoms. The van der Waals surface area contributed by atoms with Crippen LogP contribution in [-0.2, 0) is 0 Å². The van der Waals surface area contributed by atoms with E-state index in [9.17, 15) is 0 Å². The maximum Gasteiger partial charge on any atom is 0.149 e. The second kappa shape index (κ2) is 7.01. The fourth-order valence-electron chi connectivity index (χ4n) is 0.678. The first-order chi connectivity index (χ1) is 6.57. The molecule has 1 aromatic rings. The highest BCUT2D eigenvalue weighted by molar-refractivity contribution is 5.51. The second-order valence-electron chi connectivity index (χ2n) is 3.55. The van der Waals surface area contributed by atoms with E-state index in [4.69, 9.17) is 10.5 Å². The molecule has 0 saturated carbocycles. The van der Waals surface area contributed by atoms with Crippen LogP contribution in [0, 0.1) is 5.92 Å². The molecule has 0 aliphatic heterocycles. The molecule has 0 fully saturated rings. The van der Waals surface area contributed by atoms with Gasteiger partial charge in [0, 0.05) is 0 Å². The zero-order chi connectivity index (χ0) is 11.0. The quantitative estimate of drug-likeness (QED) is 0.576. The Hall–Kier alpha value is -1.44. The molecular formula is C12H19NO. The Morgan fingerprint density at radius 1 is 1.29 bits per heavy atom. The summed E-state index contributed by atoms with van der Waals surface area (Å²) in [5.74, 6) is 1.48. The second-order valence-corrected chi connectivity index (χ2v) is 3.55. The number of ether oxygens (including phenoxy) is 1. The maximum atomic E-state index is 5.53. The van der Waals surface area contributed by atoms with Crippen molar-refractivity contribution in [1.29, 1.82) is 0 Å². The van der Waals surface area contributed by atoms with Crippen molar-refractivity contribution in [2.24, 2.45) is 5.92 Å². The molecule has 0 atom stereocenters. The average molecular weight is 193 g/mol. The minimum absolute atomic E-state index is 0.627. The van der Waals surface area contributed by atoms with Gasteiger partial charge in [-0.3, -0.25) is 0 Å². The Morgan fingerprint density at radius 3 is 2.21 bits per heavy atom. The van der Waals surface area contributed by atoms with Crippen molar-refractivity contribution in [2.75, 3.05) is 5.73 Å². The highest BCUT2D eigenvalue weighted by atomic mass is 16.5. The minimum Gasteiger partial charge on any atom is -0.463 e. The number of hydrogen-bond acceptors (Lipinski definition) is 2. The van der Waals surface area contributed by atoms with Crippen LogP contribution >= 0.6 is 0 Å². The van der Waals surface area contributed by atoms with Gasteiger partial charge in [0.15, 0.2) is 0 Å². The van der Waals surface area contributed by atoms with Crippen LogP contribution in [0.15, 0.2) is 37.1 Å². The molecule has 0 unspecified atom stereocenters. The van der Waals surface area contributed by atoms with Crippen LogP contribution in [0.25, 0.3) is 0 Å². The van der Waals surface area contributed by atoms with Crippen LogP contribution in [-0.4, -0.2) is 0 Å². The van der Waals surface area contributed by atoms with Crippen molar-refractivity contribution < 1.29 is 4.74 Å². The monoisotopic (exact) mass is 193 g/mol. The summed E-state index contributed by atoms with van der Waals surface area (Å²) in [5.41, 5.74) is 6.16. The van der Waals surface area contributed by atoms with Crippen molar-refractivity contribution in [3.63, 3.8) is 0 Å². The summed E-state index contributed by atoms with van der Waals surface area (Å²) in [4.78, 5) is 0. The van der Waals surface area contributed by atoms with Crippen LogP contribution in [0.4, 0.5) is 5.69 Å². The highest BCUT2D eigenvalue weighted by Crippen LogP contribution is 2.19. The van der Waals surface area contributed by atoms with Gasteiger partial charge >= 0.3 is 0 Å². The molecule has 0 aliphatic carbocycles. The van der Waals surface area contributed by atoms with Crippen LogP contribution in [0.5, 0.6) is 5.75 Å². The number of rotatable bonds is 2. The molecule has 78 valence electrons. The number of anilines is 1. The third-order valence-corrected chi connectivity index (χ3v) is 1.13. The summed E-state index contributed by atoms with van der Waals surface area (Å²) in [6.07, 6.45) is 1.35. The van der Waals surface area contributed by atoms with Crippen LogP contribution < -0.4 is 10.5 Å². The number of nitrogens with two attached hydrogens (primary N) is 1. The summed E-state index contributed by atoms with van der Waals surface area (Å²) >= 11 is 0. The van der Waals surface area contributed by atoms with Gasteiger partial charge in [-0.05, 0) is 18.1 Å². The Kier molecular flexibility index (Phi) is 6.29. The molecule has 1 rings (SSSR count). The van der Waals surface area contributed by atoms with Crippen molar-refractivity contribution in [3.8, 4) is 5.75 Å². The van der Waals surface area contributed by atoms with Crippen LogP contribution in [0.3, 0.4) is 0 Å². The fourth-order valence-corrected chi connectivity index (χ4v) is 0.678. The smallest absolute Gasteiger partial charge is 0.149 e. The van der Waals surface area contributed by atoms with Crippen LogP contribution in [0.2, 0.25) is 0 Å². The number of hydrogen-bond donors (Lipinski definition) is 1. The normalized spacial score (nSPS) is 8.86. The largest absolute Gasteiger partial charge is 0.463 e. The van der Waals surface area contributed by atoms with Gasteiger partial charge in [0.05, 0.1) is 11.9 Å². The lowest BCUT2D eigenvalue weighted by molar-refractivity contribution is 0.486. The SMILES string of the molecule is C=COc1ccccc1N.CC(C)C. The molecule has 2 nitrogen and oxygen atoms in total. The first kappa shape index (κ1) is 12.6. The predicted molar refractivity (Wildman–Crippen MR) is 62.2 cm³/mol. The van der Waals surface area contributed by atoms with E-state index in [0.29, 0.717) is 11.4 Å². The van der Waals surface area contributed by atoms with E-state index in [0.717, 1.165) is 5.92 Å². The van der Waals surface area contributed by atoms with Gasteiger partial charge in [-0.2, -0.15) is 0 Å². The van der Waals surface area contributed by atoms with Gasteiger partial charge in [0.1, 0.15) is 5.75 Å². The molecule has 0 amide bonds. The summed E-state index contributed by atoms with van der Waals surface area (Å²) in [6.45, 7) is 9.92. The van der Waals surface area contributed by atoms with Gasteiger partial charge < -0.3 is 10.5 Å². The van der Waals surface area contributed by atoms with Gasteiger partial charge in [-0.15, -0.1) is 0 Å². The van der Waals surface area contributed by atoms with Crippen molar-refractivity contribution in [3.05, 3.63) is 37.1 Å². The maximum absolute atomic E-state index is 5.53. The van der Waals surface area contributed by atoms with E-state index >= 15 is 0 Å². The van der Waals surface area contributed by atoms with Crippen LogP contribution in [0.1, 0.15) is 20.8 Å². The van der Waals surface area contributed by atoms with Crippen molar-refractivity contribution >= 4 is 5.69 Å². The standard InChI is InChI=1S/C8H9NO.C4H10/c1-2-10-8-6-4-3-5-7(8)9;1-4(2)3/h2-6H,1,9H2;4H,1-3H3. The lowest BCUT2D eigenvalue weighted by atomic mass is 10.3.